The van der Waals surface area contributed by atoms with Gasteiger partial charge in [0.1, 0.15) is 0 Å². The van der Waals surface area contributed by atoms with Crippen molar-refractivity contribution in [2.24, 2.45) is 0 Å². The van der Waals surface area contributed by atoms with Gasteiger partial charge in [-0.3, -0.25) is 9.52 Å². The summed E-state index contributed by atoms with van der Waals surface area (Å²) in [7, 11) is -3.83. The van der Waals surface area contributed by atoms with Crippen molar-refractivity contribution in [1.29, 1.82) is 0 Å². The highest BCUT2D eigenvalue weighted by molar-refractivity contribution is 7.98. The maximum absolute atomic E-state index is 13.0. The van der Waals surface area contributed by atoms with Crippen molar-refractivity contribution in [3.8, 4) is 0 Å². The van der Waals surface area contributed by atoms with E-state index >= 15 is 0 Å². The Morgan fingerprint density at radius 3 is 2.36 bits per heavy atom. The summed E-state index contributed by atoms with van der Waals surface area (Å²) >= 11 is 1.74. The lowest BCUT2D eigenvalue weighted by Crippen LogP contribution is -2.26. The first kappa shape index (κ1) is 24.9. The molecule has 2 N–H and O–H groups in total. The molecule has 0 atom stereocenters. The summed E-state index contributed by atoms with van der Waals surface area (Å²) in [6, 6.07) is 18.5. The fourth-order valence-electron chi connectivity index (χ4n) is 3.38. The van der Waals surface area contributed by atoms with E-state index in [-0.39, 0.29) is 10.8 Å². The SMILES string of the molecule is Cc1cccc(CSCCNC(=O)c2ccc(C)c(S(=O)(=O)Nc3ccc(C)c(C)c3)c2)c1. The monoisotopic (exact) mass is 482 g/mol. The Labute approximate surface area is 201 Å². The zero-order valence-electron chi connectivity index (χ0n) is 19.4. The van der Waals surface area contributed by atoms with E-state index in [0.717, 1.165) is 22.6 Å². The topological polar surface area (TPSA) is 75.3 Å². The molecule has 0 heterocycles. The van der Waals surface area contributed by atoms with Crippen LogP contribution in [-0.2, 0) is 15.8 Å². The van der Waals surface area contributed by atoms with Gasteiger partial charge < -0.3 is 5.32 Å². The lowest BCUT2D eigenvalue weighted by molar-refractivity contribution is 0.0956. The summed E-state index contributed by atoms with van der Waals surface area (Å²) < 4.78 is 28.6. The third-order valence-corrected chi connectivity index (χ3v) is 7.94. The highest BCUT2D eigenvalue weighted by atomic mass is 32.2. The van der Waals surface area contributed by atoms with Gasteiger partial charge in [0.25, 0.3) is 15.9 Å². The zero-order chi connectivity index (χ0) is 24.0. The molecule has 0 spiro atoms. The molecule has 0 saturated carbocycles. The fourth-order valence-corrected chi connectivity index (χ4v) is 5.50. The summed E-state index contributed by atoms with van der Waals surface area (Å²) in [4.78, 5) is 12.7. The Bertz CT molecular complexity index is 1250. The smallest absolute Gasteiger partial charge is 0.262 e. The predicted molar refractivity (Wildman–Crippen MR) is 138 cm³/mol. The Morgan fingerprint density at radius 2 is 1.64 bits per heavy atom. The van der Waals surface area contributed by atoms with Crippen molar-refractivity contribution < 1.29 is 13.2 Å². The summed E-state index contributed by atoms with van der Waals surface area (Å²) in [5, 5.41) is 2.88. The number of carbonyl (C=O) groups is 1. The second-order valence-electron chi connectivity index (χ2n) is 8.18. The first-order chi connectivity index (χ1) is 15.7. The van der Waals surface area contributed by atoms with Crippen molar-refractivity contribution in [2.75, 3.05) is 17.0 Å². The van der Waals surface area contributed by atoms with Crippen LogP contribution in [0.2, 0.25) is 0 Å². The highest BCUT2D eigenvalue weighted by Crippen LogP contribution is 2.22. The molecule has 33 heavy (non-hydrogen) atoms. The van der Waals surface area contributed by atoms with Gasteiger partial charge in [-0.25, -0.2) is 8.42 Å². The standard InChI is InChI=1S/C26H30N2O3S2/c1-18-6-5-7-22(14-18)17-32-13-12-27-26(29)23-10-8-20(3)25(16-23)33(30,31)28-24-11-9-19(2)21(4)15-24/h5-11,14-16,28H,12-13,17H2,1-4H3,(H,27,29). The lowest BCUT2D eigenvalue weighted by atomic mass is 10.1. The van der Waals surface area contributed by atoms with E-state index in [1.165, 1.54) is 17.2 Å². The van der Waals surface area contributed by atoms with Gasteiger partial charge in [0.05, 0.1) is 4.90 Å². The molecule has 3 aromatic carbocycles. The molecular formula is C26H30N2O3S2. The number of benzene rings is 3. The fraction of sp³-hybridized carbons (Fsp3) is 0.269. The average Bonchev–Trinajstić information content (AvgIpc) is 2.76. The number of hydrogen-bond acceptors (Lipinski definition) is 4. The molecule has 0 bridgehead atoms. The maximum Gasteiger partial charge on any atom is 0.262 e. The summed E-state index contributed by atoms with van der Waals surface area (Å²) in [6.45, 7) is 8.20. The van der Waals surface area contributed by atoms with Crippen LogP contribution in [0.5, 0.6) is 0 Å². The van der Waals surface area contributed by atoms with Gasteiger partial charge in [-0.2, -0.15) is 11.8 Å². The summed E-state index contributed by atoms with van der Waals surface area (Å²) in [6.07, 6.45) is 0. The molecule has 0 aliphatic heterocycles. The van der Waals surface area contributed by atoms with Crippen LogP contribution in [0.25, 0.3) is 0 Å². The normalized spacial score (nSPS) is 11.3. The molecule has 0 aliphatic carbocycles. The van der Waals surface area contributed by atoms with E-state index in [1.54, 1.807) is 43.0 Å². The van der Waals surface area contributed by atoms with Gasteiger partial charge in [0.15, 0.2) is 0 Å². The van der Waals surface area contributed by atoms with Crippen LogP contribution in [0.4, 0.5) is 5.69 Å². The van der Waals surface area contributed by atoms with Crippen molar-refractivity contribution >= 4 is 33.4 Å². The van der Waals surface area contributed by atoms with Gasteiger partial charge >= 0.3 is 0 Å². The van der Waals surface area contributed by atoms with Gasteiger partial charge in [-0.1, -0.05) is 42.0 Å². The third kappa shape index (κ3) is 6.85. The quantitative estimate of drug-likeness (QED) is 0.401. The molecule has 3 rings (SSSR count). The summed E-state index contributed by atoms with van der Waals surface area (Å²) in [5.41, 5.74) is 5.99. The molecule has 0 aliphatic rings. The zero-order valence-corrected chi connectivity index (χ0v) is 21.1. The first-order valence-corrected chi connectivity index (χ1v) is 13.4. The van der Waals surface area contributed by atoms with E-state index in [0.29, 0.717) is 23.4 Å². The van der Waals surface area contributed by atoms with E-state index in [2.05, 4.69) is 35.2 Å². The second-order valence-corrected chi connectivity index (χ2v) is 10.9. The number of thioether (sulfide) groups is 1. The van der Waals surface area contributed by atoms with Gasteiger partial charge in [0.2, 0.25) is 0 Å². The molecule has 7 heteroatoms. The number of amides is 1. The third-order valence-electron chi connectivity index (χ3n) is 5.38. The molecule has 174 valence electrons. The van der Waals surface area contributed by atoms with E-state index in [4.69, 9.17) is 0 Å². The Balaban J connectivity index is 1.61. The number of anilines is 1. The second kappa shape index (κ2) is 10.9. The number of nitrogens with one attached hydrogen (secondary N) is 2. The molecule has 1 amide bonds. The van der Waals surface area contributed by atoms with Crippen LogP contribution in [0.15, 0.2) is 65.6 Å². The number of rotatable bonds is 9. The van der Waals surface area contributed by atoms with Gasteiger partial charge in [-0.15, -0.1) is 0 Å². The minimum absolute atomic E-state index is 0.0993. The molecular weight excluding hydrogens is 452 g/mol. The number of sulfonamides is 1. The highest BCUT2D eigenvalue weighted by Gasteiger charge is 2.19. The lowest BCUT2D eigenvalue weighted by Gasteiger charge is -2.13. The molecule has 3 aromatic rings. The molecule has 0 radical (unpaired) electrons. The molecule has 0 unspecified atom stereocenters. The molecule has 0 aromatic heterocycles. The van der Waals surface area contributed by atoms with E-state index < -0.39 is 10.0 Å². The molecule has 5 nitrogen and oxygen atoms in total. The van der Waals surface area contributed by atoms with Crippen LogP contribution in [0.1, 0.15) is 38.2 Å². The van der Waals surface area contributed by atoms with Crippen molar-refractivity contribution in [2.45, 2.75) is 38.3 Å². The predicted octanol–water partition coefficient (Wildman–Crippen LogP) is 5.38. The largest absolute Gasteiger partial charge is 0.351 e. The van der Waals surface area contributed by atoms with Crippen LogP contribution < -0.4 is 10.0 Å². The minimum atomic E-state index is -3.83. The summed E-state index contributed by atoms with van der Waals surface area (Å²) in [5.74, 6) is 1.37. The molecule has 0 fully saturated rings. The van der Waals surface area contributed by atoms with Crippen LogP contribution in [-0.4, -0.2) is 26.6 Å². The Hall–Kier alpha value is -2.77. The van der Waals surface area contributed by atoms with Crippen LogP contribution in [0, 0.1) is 27.7 Å². The van der Waals surface area contributed by atoms with Gasteiger partial charge in [0, 0.05) is 29.3 Å². The van der Waals surface area contributed by atoms with Crippen LogP contribution in [0.3, 0.4) is 0 Å². The average molecular weight is 483 g/mol. The van der Waals surface area contributed by atoms with Crippen molar-refractivity contribution in [3.05, 3.63) is 94.0 Å². The van der Waals surface area contributed by atoms with Crippen molar-refractivity contribution in [1.82, 2.24) is 5.32 Å². The molecule has 0 saturated heterocycles. The van der Waals surface area contributed by atoms with E-state index in [1.807, 2.05) is 26.0 Å². The van der Waals surface area contributed by atoms with Crippen molar-refractivity contribution in [3.63, 3.8) is 0 Å². The van der Waals surface area contributed by atoms with Crippen LogP contribution >= 0.6 is 11.8 Å². The number of carbonyl (C=O) groups excluding carboxylic acids is 1. The van der Waals surface area contributed by atoms with Gasteiger partial charge in [-0.05, 0) is 74.2 Å². The maximum atomic E-state index is 13.0. The minimum Gasteiger partial charge on any atom is -0.351 e. The number of aryl methyl sites for hydroxylation is 4. The first-order valence-electron chi connectivity index (χ1n) is 10.8. The number of hydrogen-bond donors (Lipinski definition) is 2. The Kier molecular flexibility index (Phi) is 8.21. The Morgan fingerprint density at radius 1 is 0.879 bits per heavy atom. The van der Waals surface area contributed by atoms with E-state index in [9.17, 15) is 13.2 Å².